The third kappa shape index (κ3) is 5.91. The first-order valence-electron chi connectivity index (χ1n) is 13.9. The highest BCUT2D eigenvalue weighted by Gasteiger charge is 2.27. The highest BCUT2D eigenvalue weighted by Crippen LogP contribution is 2.33. The average molecular weight is 572 g/mol. The van der Waals surface area contributed by atoms with Crippen LogP contribution in [0.5, 0.6) is 11.5 Å². The summed E-state index contributed by atoms with van der Waals surface area (Å²) in [5, 5.41) is 9.20. The molecule has 0 atom stereocenters. The van der Waals surface area contributed by atoms with E-state index in [-0.39, 0.29) is 35.8 Å². The van der Waals surface area contributed by atoms with Crippen molar-refractivity contribution in [2.45, 2.75) is 12.8 Å². The van der Waals surface area contributed by atoms with Crippen molar-refractivity contribution in [2.24, 2.45) is 0 Å². The van der Waals surface area contributed by atoms with Crippen LogP contribution in [-0.4, -0.2) is 85.2 Å². The fraction of sp³-hybridized carbons (Fsp3) is 0.345. The first-order chi connectivity index (χ1) is 20.5. The topological polar surface area (TPSA) is 137 Å². The quantitative estimate of drug-likeness (QED) is 0.426. The summed E-state index contributed by atoms with van der Waals surface area (Å²) in [6.45, 7) is 4.23. The number of ether oxygens (including phenoxy) is 2. The van der Waals surface area contributed by atoms with Gasteiger partial charge in [0.1, 0.15) is 22.9 Å². The van der Waals surface area contributed by atoms with Gasteiger partial charge in [0.25, 0.3) is 11.8 Å². The SMILES string of the molecule is COc1cc(Nc2ncc3c(n2)Nc2ccc4c(n2)N(CCC/C=C\NC3=O)C(=O)CO4)cc(N2CCN(C)CC2)c1. The number of methoxy groups -OCH3 is 1. The maximum absolute atomic E-state index is 13.1. The van der Waals surface area contributed by atoms with Crippen LogP contribution >= 0.6 is 0 Å². The summed E-state index contributed by atoms with van der Waals surface area (Å²) in [5.41, 5.74) is 2.01. The molecule has 42 heavy (non-hydrogen) atoms. The molecule has 3 aliphatic rings. The van der Waals surface area contributed by atoms with Gasteiger partial charge in [0.2, 0.25) is 5.95 Å². The van der Waals surface area contributed by atoms with Crippen LogP contribution in [0.25, 0.3) is 0 Å². The van der Waals surface area contributed by atoms with E-state index in [2.05, 4.69) is 47.7 Å². The maximum atomic E-state index is 13.1. The van der Waals surface area contributed by atoms with Crippen LogP contribution in [-0.2, 0) is 4.79 Å². The Morgan fingerprint density at radius 1 is 1.05 bits per heavy atom. The molecule has 0 radical (unpaired) electrons. The molecule has 0 aliphatic carbocycles. The van der Waals surface area contributed by atoms with Gasteiger partial charge in [-0.05, 0) is 38.1 Å². The lowest BCUT2D eigenvalue weighted by Gasteiger charge is -2.34. The molecule has 0 saturated carbocycles. The minimum absolute atomic E-state index is 0.0285. The largest absolute Gasteiger partial charge is 0.497 e. The van der Waals surface area contributed by atoms with Crippen LogP contribution in [0.3, 0.4) is 0 Å². The van der Waals surface area contributed by atoms with Gasteiger partial charge in [0.15, 0.2) is 18.2 Å². The highest BCUT2D eigenvalue weighted by molar-refractivity contribution is 6.00. The van der Waals surface area contributed by atoms with Gasteiger partial charge in [0, 0.05) is 68.6 Å². The highest BCUT2D eigenvalue weighted by atomic mass is 16.5. The van der Waals surface area contributed by atoms with Crippen molar-refractivity contribution in [3.8, 4) is 11.5 Å². The zero-order chi connectivity index (χ0) is 29.1. The number of rotatable bonds is 4. The first kappa shape index (κ1) is 27.3. The van der Waals surface area contributed by atoms with Crippen molar-refractivity contribution in [2.75, 3.05) is 73.9 Å². The lowest BCUT2D eigenvalue weighted by molar-refractivity contribution is -0.121. The molecule has 6 rings (SSSR count). The van der Waals surface area contributed by atoms with Gasteiger partial charge in [-0.2, -0.15) is 4.98 Å². The molecule has 0 unspecified atom stereocenters. The molecule has 3 aromatic rings. The second-order valence-corrected chi connectivity index (χ2v) is 10.3. The van der Waals surface area contributed by atoms with Crippen LogP contribution < -0.4 is 35.2 Å². The molecule has 1 aromatic carbocycles. The van der Waals surface area contributed by atoms with Gasteiger partial charge in [-0.25, -0.2) is 9.97 Å². The second kappa shape index (κ2) is 11.9. The Morgan fingerprint density at radius 2 is 1.90 bits per heavy atom. The van der Waals surface area contributed by atoms with E-state index < -0.39 is 0 Å². The van der Waals surface area contributed by atoms with Crippen LogP contribution in [0.1, 0.15) is 23.2 Å². The Hall–Kier alpha value is -4.91. The van der Waals surface area contributed by atoms with Gasteiger partial charge < -0.3 is 35.2 Å². The summed E-state index contributed by atoms with van der Waals surface area (Å²) in [6, 6.07) is 9.40. The number of nitrogens with zero attached hydrogens (tertiary/aromatic N) is 6. The Bertz CT molecular complexity index is 1520. The zero-order valence-electron chi connectivity index (χ0n) is 23.6. The van der Waals surface area contributed by atoms with E-state index >= 15 is 0 Å². The molecule has 3 aliphatic heterocycles. The molecular formula is C29H33N9O4. The third-order valence-electron chi connectivity index (χ3n) is 7.36. The van der Waals surface area contributed by atoms with E-state index in [9.17, 15) is 9.59 Å². The summed E-state index contributed by atoms with van der Waals surface area (Å²) < 4.78 is 11.2. The van der Waals surface area contributed by atoms with E-state index in [1.165, 1.54) is 6.20 Å². The molecule has 13 nitrogen and oxygen atoms in total. The van der Waals surface area contributed by atoms with E-state index in [1.807, 2.05) is 24.3 Å². The number of carbonyl (C=O) groups is 2. The number of piperazine rings is 1. The van der Waals surface area contributed by atoms with Crippen LogP contribution in [0.15, 0.2) is 48.8 Å². The number of hydrogen-bond acceptors (Lipinski definition) is 11. The van der Waals surface area contributed by atoms with E-state index in [4.69, 9.17) is 9.47 Å². The summed E-state index contributed by atoms with van der Waals surface area (Å²) in [5.74, 6) is 2.08. The van der Waals surface area contributed by atoms with Crippen LogP contribution in [0.2, 0.25) is 0 Å². The van der Waals surface area contributed by atoms with E-state index in [1.54, 1.807) is 30.3 Å². The van der Waals surface area contributed by atoms with Crippen molar-refractivity contribution in [3.05, 3.63) is 54.4 Å². The minimum atomic E-state index is -0.366. The fourth-order valence-electron chi connectivity index (χ4n) is 5.01. The van der Waals surface area contributed by atoms with Crippen molar-refractivity contribution >= 4 is 46.6 Å². The van der Waals surface area contributed by atoms with Gasteiger partial charge in [-0.1, -0.05) is 6.08 Å². The van der Waals surface area contributed by atoms with Crippen LogP contribution in [0, 0.1) is 0 Å². The Kier molecular flexibility index (Phi) is 7.73. The summed E-state index contributed by atoms with van der Waals surface area (Å²) in [4.78, 5) is 45.7. The van der Waals surface area contributed by atoms with Crippen molar-refractivity contribution < 1.29 is 19.1 Å². The fourth-order valence-corrected chi connectivity index (χ4v) is 5.01. The predicted octanol–water partition coefficient (Wildman–Crippen LogP) is 2.88. The Labute approximate surface area is 243 Å². The summed E-state index contributed by atoms with van der Waals surface area (Å²) >= 11 is 0. The van der Waals surface area contributed by atoms with Gasteiger partial charge >= 0.3 is 0 Å². The van der Waals surface area contributed by atoms with Gasteiger partial charge in [0.05, 0.1) is 7.11 Å². The average Bonchev–Trinajstić information content (AvgIpc) is 2.99. The summed E-state index contributed by atoms with van der Waals surface area (Å²) in [6.07, 6.45) is 6.29. The molecule has 2 aromatic heterocycles. The lowest BCUT2D eigenvalue weighted by atomic mass is 10.2. The molecule has 1 saturated heterocycles. The molecular weight excluding hydrogens is 538 g/mol. The minimum Gasteiger partial charge on any atom is -0.497 e. The van der Waals surface area contributed by atoms with Crippen molar-refractivity contribution in [1.82, 2.24) is 25.2 Å². The van der Waals surface area contributed by atoms with Crippen LogP contribution in [0.4, 0.5) is 34.8 Å². The molecule has 3 N–H and O–H groups in total. The lowest BCUT2D eigenvalue weighted by Crippen LogP contribution is -2.44. The number of amides is 2. The van der Waals surface area contributed by atoms with Gasteiger partial charge in [-0.3, -0.25) is 14.5 Å². The van der Waals surface area contributed by atoms with Crippen molar-refractivity contribution in [3.63, 3.8) is 0 Å². The number of likely N-dealkylation sites (N-methyl/N-ethyl adjacent to an activating group) is 1. The Balaban J connectivity index is 1.33. The number of allylic oxidation sites excluding steroid dienone is 1. The number of nitrogens with one attached hydrogen (secondary N) is 3. The van der Waals surface area contributed by atoms with E-state index in [0.29, 0.717) is 42.5 Å². The summed E-state index contributed by atoms with van der Waals surface area (Å²) in [7, 11) is 3.76. The monoisotopic (exact) mass is 571 g/mol. The molecule has 1 fully saturated rings. The normalized spacial score (nSPS) is 18.1. The first-order valence-corrected chi connectivity index (χ1v) is 13.9. The number of aromatic nitrogens is 3. The van der Waals surface area contributed by atoms with Crippen molar-refractivity contribution in [1.29, 1.82) is 0 Å². The number of anilines is 6. The predicted molar refractivity (Wildman–Crippen MR) is 159 cm³/mol. The van der Waals surface area contributed by atoms with E-state index in [0.717, 1.165) is 37.6 Å². The standard InChI is InChI=1S/C29H33N9O4/c1-36-10-12-37(13-11-36)20-14-19(15-21(16-20)41-2)32-29-31-17-22-26(35-29)33-24-7-6-23-27(34-24)38(25(39)18-42-23)9-5-3-4-8-30-28(22)40/h4,6-8,14-17H,3,5,9-13,18H2,1-2H3,(H,30,40)(H2,31,32,33,34,35)/b8-4-. The molecule has 218 valence electrons. The van der Waals surface area contributed by atoms with Gasteiger partial charge in [-0.15, -0.1) is 0 Å². The smallest absolute Gasteiger partial charge is 0.266 e. The molecule has 0 spiro atoms. The third-order valence-corrected chi connectivity index (χ3v) is 7.36. The number of pyridine rings is 1. The number of carbonyl (C=O) groups excluding carboxylic acids is 2. The molecule has 5 heterocycles. The number of benzene rings is 1. The second-order valence-electron chi connectivity index (χ2n) is 10.3. The Morgan fingerprint density at radius 3 is 2.74 bits per heavy atom. The molecule has 13 heteroatoms. The zero-order valence-corrected chi connectivity index (χ0v) is 23.6. The maximum Gasteiger partial charge on any atom is 0.266 e. The number of hydrogen-bond donors (Lipinski definition) is 3. The number of fused-ring (bicyclic) bond motifs is 2. The molecule has 2 bridgehead atoms. The molecule has 2 amide bonds.